The Morgan fingerprint density at radius 1 is 1.16 bits per heavy atom. The number of benzene rings is 1. The second-order valence-electron chi connectivity index (χ2n) is 7.25. The van der Waals surface area contributed by atoms with E-state index in [4.69, 9.17) is 11.6 Å². The first-order valence-electron chi connectivity index (χ1n) is 9.32. The molecule has 0 fully saturated rings. The molecular formula is C20H19ClN6O3S. The highest BCUT2D eigenvalue weighted by atomic mass is 35.5. The molecule has 0 spiro atoms. The van der Waals surface area contributed by atoms with Crippen LogP contribution in [0.2, 0.25) is 5.28 Å². The van der Waals surface area contributed by atoms with Crippen LogP contribution in [-0.4, -0.2) is 29.6 Å². The number of thiazole rings is 1. The number of nitrogens with one attached hydrogen (secondary N) is 1. The van der Waals surface area contributed by atoms with Crippen LogP contribution in [0.5, 0.6) is 0 Å². The van der Waals surface area contributed by atoms with E-state index in [2.05, 4.69) is 15.3 Å². The third-order valence-corrected chi connectivity index (χ3v) is 6.07. The number of halogens is 1. The van der Waals surface area contributed by atoms with Gasteiger partial charge < -0.3 is 5.32 Å². The molecule has 0 saturated heterocycles. The molecule has 1 aromatic carbocycles. The van der Waals surface area contributed by atoms with Gasteiger partial charge in [0.2, 0.25) is 11.2 Å². The van der Waals surface area contributed by atoms with Crippen LogP contribution < -0.4 is 16.6 Å². The molecule has 3 aromatic heterocycles. The molecular weight excluding hydrogens is 440 g/mol. The van der Waals surface area contributed by atoms with Gasteiger partial charge in [0, 0.05) is 25.0 Å². The van der Waals surface area contributed by atoms with Crippen molar-refractivity contribution in [2.75, 3.05) is 5.32 Å². The van der Waals surface area contributed by atoms with Crippen LogP contribution in [0.15, 0.2) is 33.2 Å². The lowest BCUT2D eigenvalue weighted by Gasteiger charge is -2.07. The summed E-state index contributed by atoms with van der Waals surface area (Å²) in [6.45, 7) is 3.77. The fraction of sp³-hybridized carbons (Fsp3) is 0.250. The third kappa shape index (κ3) is 3.68. The van der Waals surface area contributed by atoms with Gasteiger partial charge in [0.05, 0.1) is 5.69 Å². The number of nitrogens with zero attached hydrogens (tertiary/aromatic N) is 5. The van der Waals surface area contributed by atoms with Gasteiger partial charge in [-0.05, 0) is 37.1 Å². The van der Waals surface area contributed by atoms with E-state index in [1.54, 1.807) is 0 Å². The fourth-order valence-corrected chi connectivity index (χ4v) is 4.28. The highest BCUT2D eigenvalue weighted by Gasteiger charge is 2.20. The van der Waals surface area contributed by atoms with Gasteiger partial charge in [0.15, 0.2) is 16.3 Å². The molecule has 0 aliphatic heterocycles. The SMILES string of the molecule is Cc1ccc(C)c(-c2csc(NC(=O)Cn3c(Cl)nc4c3c(=O)n(C)c(=O)n4C)n2)c1. The van der Waals surface area contributed by atoms with Gasteiger partial charge in [-0.25, -0.2) is 9.78 Å². The van der Waals surface area contributed by atoms with Crippen molar-refractivity contribution in [3.63, 3.8) is 0 Å². The molecule has 4 aromatic rings. The molecule has 160 valence electrons. The summed E-state index contributed by atoms with van der Waals surface area (Å²) in [6.07, 6.45) is 0. The predicted octanol–water partition coefficient (Wildman–Crippen LogP) is 2.47. The summed E-state index contributed by atoms with van der Waals surface area (Å²) in [7, 11) is 2.85. The Kier molecular flexibility index (Phi) is 5.28. The highest BCUT2D eigenvalue weighted by Crippen LogP contribution is 2.28. The van der Waals surface area contributed by atoms with Gasteiger partial charge in [-0.1, -0.05) is 17.7 Å². The second-order valence-corrected chi connectivity index (χ2v) is 8.45. The smallest absolute Gasteiger partial charge is 0.300 e. The van der Waals surface area contributed by atoms with Crippen molar-refractivity contribution in [3.8, 4) is 11.3 Å². The average Bonchev–Trinajstić information content (AvgIpc) is 3.31. The van der Waals surface area contributed by atoms with E-state index < -0.39 is 17.2 Å². The summed E-state index contributed by atoms with van der Waals surface area (Å²) in [5, 5.41) is 4.99. The molecule has 0 aliphatic carbocycles. The number of fused-ring (bicyclic) bond motifs is 1. The highest BCUT2D eigenvalue weighted by molar-refractivity contribution is 7.14. The molecule has 9 nitrogen and oxygen atoms in total. The summed E-state index contributed by atoms with van der Waals surface area (Å²) in [4.78, 5) is 45.9. The Hall–Kier alpha value is -3.24. The largest absolute Gasteiger partial charge is 0.332 e. The molecule has 1 N–H and O–H groups in total. The number of aromatic nitrogens is 5. The van der Waals surface area contributed by atoms with E-state index in [0.717, 1.165) is 27.0 Å². The molecule has 0 aliphatic rings. The molecule has 0 bridgehead atoms. The normalized spacial score (nSPS) is 11.3. The second kappa shape index (κ2) is 7.78. The Labute approximate surface area is 185 Å². The van der Waals surface area contributed by atoms with Crippen molar-refractivity contribution >= 4 is 45.1 Å². The van der Waals surface area contributed by atoms with E-state index in [9.17, 15) is 14.4 Å². The van der Waals surface area contributed by atoms with Crippen LogP contribution in [0, 0.1) is 13.8 Å². The fourth-order valence-electron chi connectivity index (χ4n) is 3.33. The minimum absolute atomic E-state index is 0.0568. The van der Waals surface area contributed by atoms with Crippen LogP contribution >= 0.6 is 22.9 Å². The predicted molar refractivity (Wildman–Crippen MR) is 121 cm³/mol. The van der Waals surface area contributed by atoms with Crippen LogP contribution in [0.4, 0.5) is 5.13 Å². The van der Waals surface area contributed by atoms with E-state index in [0.29, 0.717) is 5.13 Å². The lowest BCUT2D eigenvalue weighted by atomic mass is 10.0. The number of amides is 1. The minimum atomic E-state index is -0.572. The number of hydrogen-bond donors (Lipinski definition) is 1. The van der Waals surface area contributed by atoms with Crippen molar-refractivity contribution in [1.82, 2.24) is 23.7 Å². The molecule has 0 unspecified atom stereocenters. The number of imidazole rings is 1. The van der Waals surface area contributed by atoms with E-state index in [1.807, 2.05) is 37.4 Å². The standard InChI is InChI=1S/C20H19ClN6O3S/c1-10-5-6-11(2)12(7-10)13-9-31-19(22-13)23-14(28)8-27-15-16(24-18(27)21)25(3)20(30)26(4)17(15)29/h5-7,9H,8H2,1-4H3,(H,22,23,28). The van der Waals surface area contributed by atoms with Gasteiger partial charge in [-0.15, -0.1) is 11.3 Å². The zero-order chi connectivity index (χ0) is 22.4. The Balaban J connectivity index is 1.62. The van der Waals surface area contributed by atoms with Gasteiger partial charge in [-0.2, -0.15) is 4.98 Å². The Morgan fingerprint density at radius 3 is 2.65 bits per heavy atom. The number of aryl methyl sites for hydroxylation is 3. The van der Waals surface area contributed by atoms with Crippen LogP contribution in [0.3, 0.4) is 0 Å². The van der Waals surface area contributed by atoms with Gasteiger partial charge in [0.1, 0.15) is 6.54 Å². The number of rotatable bonds is 4. The molecule has 4 rings (SSSR count). The number of carbonyl (C=O) groups is 1. The van der Waals surface area contributed by atoms with E-state index in [1.165, 1.54) is 34.6 Å². The first-order chi connectivity index (χ1) is 14.7. The summed E-state index contributed by atoms with van der Waals surface area (Å²) < 4.78 is 3.45. The minimum Gasteiger partial charge on any atom is -0.300 e. The topological polar surface area (TPSA) is 104 Å². The number of hydrogen-bond acceptors (Lipinski definition) is 6. The first kappa shape index (κ1) is 21.0. The third-order valence-electron chi connectivity index (χ3n) is 5.02. The maximum atomic E-state index is 12.7. The zero-order valence-electron chi connectivity index (χ0n) is 17.3. The summed E-state index contributed by atoms with van der Waals surface area (Å²) in [5.74, 6) is -0.418. The quantitative estimate of drug-likeness (QED) is 0.473. The van der Waals surface area contributed by atoms with Crippen molar-refractivity contribution in [1.29, 1.82) is 0 Å². The number of anilines is 1. The van der Waals surface area contributed by atoms with Gasteiger partial charge >= 0.3 is 5.69 Å². The van der Waals surface area contributed by atoms with Gasteiger partial charge in [-0.3, -0.25) is 23.3 Å². The molecule has 31 heavy (non-hydrogen) atoms. The molecule has 11 heteroatoms. The Bertz CT molecular complexity index is 1460. The zero-order valence-corrected chi connectivity index (χ0v) is 18.8. The molecule has 0 atom stereocenters. The maximum absolute atomic E-state index is 12.7. The van der Waals surface area contributed by atoms with Crippen molar-refractivity contribution in [3.05, 3.63) is 60.8 Å². The lowest BCUT2D eigenvalue weighted by molar-refractivity contribution is -0.116. The summed E-state index contributed by atoms with van der Waals surface area (Å²) in [5.41, 5.74) is 3.10. The number of carbonyl (C=O) groups excluding carboxylic acids is 1. The molecule has 3 heterocycles. The van der Waals surface area contributed by atoms with Crippen molar-refractivity contribution in [2.45, 2.75) is 20.4 Å². The molecule has 0 saturated carbocycles. The lowest BCUT2D eigenvalue weighted by Crippen LogP contribution is -2.37. The molecule has 1 amide bonds. The van der Waals surface area contributed by atoms with Crippen molar-refractivity contribution < 1.29 is 4.79 Å². The maximum Gasteiger partial charge on any atom is 0.332 e. The Morgan fingerprint density at radius 2 is 1.90 bits per heavy atom. The van der Waals surface area contributed by atoms with E-state index in [-0.39, 0.29) is 23.0 Å². The van der Waals surface area contributed by atoms with Crippen LogP contribution in [0.1, 0.15) is 11.1 Å². The summed E-state index contributed by atoms with van der Waals surface area (Å²) >= 11 is 7.48. The van der Waals surface area contributed by atoms with Crippen LogP contribution in [0.25, 0.3) is 22.4 Å². The van der Waals surface area contributed by atoms with E-state index >= 15 is 0 Å². The van der Waals surface area contributed by atoms with Gasteiger partial charge in [0.25, 0.3) is 5.56 Å². The van der Waals surface area contributed by atoms with Crippen LogP contribution in [-0.2, 0) is 25.4 Å². The van der Waals surface area contributed by atoms with Crippen molar-refractivity contribution in [2.24, 2.45) is 14.1 Å². The first-order valence-corrected chi connectivity index (χ1v) is 10.6. The average molecular weight is 459 g/mol. The summed E-state index contributed by atoms with van der Waals surface area (Å²) in [6, 6.07) is 6.11. The monoisotopic (exact) mass is 458 g/mol. The molecule has 0 radical (unpaired) electrons.